The molecule has 7 nitrogen and oxygen atoms in total. The lowest BCUT2D eigenvalue weighted by Gasteiger charge is -2.13. The van der Waals surface area contributed by atoms with Crippen molar-refractivity contribution in [3.05, 3.63) is 34.5 Å². The molecule has 0 unspecified atom stereocenters. The Morgan fingerprint density at radius 1 is 1.19 bits per heavy atom. The molecule has 1 aromatic carbocycles. The van der Waals surface area contributed by atoms with Crippen LogP contribution in [-0.2, 0) is 4.74 Å². The minimum atomic E-state index is -0.347. The summed E-state index contributed by atoms with van der Waals surface area (Å²) in [5, 5.41) is 4.10. The number of rotatable bonds is 6. The summed E-state index contributed by atoms with van der Waals surface area (Å²) in [5.74, 6) is 2.20. The molecule has 0 amide bonds. The maximum Gasteiger partial charge on any atom is 0.348 e. The summed E-state index contributed by atoms with van der Waals surface area (Å²) < 4.78 is 15.9. The first-order valence-electron chi connectivity index (χ1n) is 8.42. The second-order valence-electron chi connectivity index (χ2n) is 5.77. The van der Waals surface area contributed by atoms with E-state index < -0.39 is 0 Å². The van der Waals surface area contributed by atoms with Crippen LogP contribution < -0.4 is 14.8 Å². The lowest BCUT2D eigenvalue weighted by molar-refractivity contribution is 0.0531. The minimum Gasteiger partial charge on any atom is -0.497 e. The van der Waals surface area contributed by atoms with Crippen molar-refractivity contribution in [2.24, 2.45) is 0 Å². The van der Waals surface area contributed by atoms with Crippen molar-refractivity contribution < 1.29 is 19.0 Å². The van der Waals surface area contributed by atoms with Gasteiger partial charge in [0, 0.05) is 6.07 Å². The molecule has 142 valence electrons. The smallest absolute Gasteiger partial charge is 0.348 e. The number of carbonyl (C=O) groups excluding carboxylic acids is 1. The molecule has 0 spiro atoms. The van der Waals surface area contributed by atoms with E-state index in [1.807, 2.05) is 32.0 Å². The molecule has 27 heavy (non-hydrogen) atoms. The Labute approximate surface area is 161 Å². The summed E-state index contributed by atoms with van der Waals surface area (Å²) in [6.45, 7) is 5.79. The average Bonchev–Trinajstić information content (AvgIpc) is 2.98. The van der Waals surface area contributed by atoms with Crippen molar-refractivity contribution in [1.29, 1.82) is 0 Å². The molecule has 8 heteroatoms. The number of ether oxygens (including phenoxy) is 3. The minimum absolute atomic E-state index is 0.323. The standard InChI is InChI=1S/C19H21N3O4S/c1-6-26-19(23)16-10(2)15-17(20-11(3)21-18(15)27-16)22-13-9-12(24-4)7-8-14(13)25-5/h7-9H,6H2,1-5H3,(H,20,21,22). The Morgan fingerprint density at radius 3 is 2.63 bits per heavy atom. The fourth-order valence-corrected chi connectivity index (χ4v) is 3.89. The SMILES string of the molecule is CCOC(=O)c1sc2nc(C)nc(Nc3cc(OC)ccc3OC)c2c1C. The summed E-state index contributed by atoms with van der Waals surface area (Å²) in [6.07, 6.45) is 0. The van der Waals surface area contributed by atoms with Gasteiger partial charge in [0.15, 0.2) is 0 Å². The number of fused-ring (bicyclic) bond motifs is 1. The van der Waals surface area contributed by atoms with E-state index in [-0.39, 0.29) is 5.97 Å². The van der Waals surface area contributed by atoms with Gasteiger partial charge in [-0.2, -0.15) is 0 Å². The molecule has 0 aliphatic heterocycles. The first kappa shape index (κ1) is 18.9. The van der Waals surface area contributed by atoms with Gasteiger partial charge in [-0.3, -0.25) is 0 Å². The van der Waals surface area contributed by atoms with Crippen LogP contribution in [0.3, 0.4) is 0 Å². The number of aryl methyl sites for hydroxylation is 2. The molecule has 0 fully saturated rings. The van der Waals surface area contributed by atoms with E-state index in [0.29, 0.717) is 40.3 Å². The fourth-order valence-electron chi connectivity index (χ4n) is 2.77. The van der Waals surface area contributed by atoms with Gasteiger partial charge in [-0.25, -0.2) is 14.8 Å². The molecule has 0 saturated carbocycles. The lowest BCUT2D eigenvalue weighted by atomic mass is 10.2. The Morgan fingerprint density at radius 2 is 1.96 bits per heavy atom. The highest BCUT2D eigenvalue weighted by molar-refractivity contribution is 7.20. The number of benzene rings is 1. The number of nitrogens with one attached hydrogen (secondary N) is 1. The zero-order valence-corrected chi connectivity index (χ0v) is 16.7. The summed E-state index contributed by atoms with van der Waals surface area (Å²) in [4.78, 5) is 22.5. The van der Waals surface area contributed by atoms with Gasteiger partial charge >= 0.3 is 5.97 Å². The number of hydrogen-bond acceptors (Lipinski definition) is 8. The van der Waals surface area contributed by atoms with E-state index in [0.717, 1.165) is 15.8 Å². The molecule has 1 N–H and O–H groups in total. The molecule has 3 rings (SSSR count). The van der Waals surface area contributed by atoms with Crippen molar-refractivity contribution in [3.63, 3.8) is 0 Å². The summed E-state index contributed by atoms with van der Waals surface area (Å²) in [5.41, 5.74) is 1.50. The topological polar surface area (TPSA) is 82.6 Å². The molecule has 2 aromatic heterocycles. The number of aromatic nitrogens is 2. The van der Waals surface area contributed by atoms with Crippen LogP contribution in [-0.4, -0.2) is 36.8 Å². The third-order valence-corrected chi connectivity index (χ3v) is 5.19. The van der Waals surface area contributed by atoms with E-state index in [1.54, 1.807) is 21.1 Å². The largest absolute Gasteiger partial charge is 0.497 e. The van der Waals surface area contributed by atoms with E-state index in [4.69, 9.17) is 14.2 Å². The van der Waals surface area contributed by atoms with Crippen LogP contribution in [0.2, 0.25) is 0 Å². The molecule has 0 aliphatic rings. The van der Waals surface area contributed by atoms with Crippen LogP contribution >= 0.6 is 11.3 Å². The number of carbonyl (C=O) groups is 1. The Bertz CT molecular complexity index is 1000. The van der Waals surface area contributed by atoms with Gasteiger partial charge in [0.2, 0.25) is 0 Å². The van der Waals surface area contributed by atoms with Gasteiger partial charge in [0.1, 0.15) is 32.8 Å². The first-order valence-corrected chi connectivity index (χ1v) is 9.24. The number of methoxy groups -OCH3 is 2. The van der Waals surface area contributed by atoms with Crippen LogP contribution in [0.15, 0.2) is 18.2 Å². The Hall–Kier alpha value is -2.87. The highest BCUT2D eigenvalue weighted by Crippen LogP contribution is 2.38. The summed E-state index contributed by atoms with van der Waals surface area (Å²) >= 11 is 1.31. The summed E-state index contributed by atoms with van der Waals surface area (Å²) in [6, 6.07) is 5.46. The quantitative estimate of drug-likeness (QED) is 0.633. The number of esters is 1. The van der Waals surface area contributed by atoms with E-state index >= 15 is 0 Å². The van der Waals surface area contributed by atoms with Crippen LogP contribution in [0.5, 0.6) is 11.5 Å². The Kier molecular flexibility index (Phi) is 5.46. The maximum atomic E-state index is 12.3. The molecule has 0 aliphatic carbocycles. The Balaban J connectivity index is 2.13. The maximum absolute atomic E-state index is 12.3. The fraction of sp³-hybridized carbons (Fsp3) is 0.316. The van der Waals surface area contributed by atoms with Crippen LogP contribution in [0.1, 0.15) is 28.0 Å². The predicted molar refractivity (Wildman–Crippen MR) is 106 cm³/mol. The van der Waals surface area contributed by atoms with Gasteiger partial charge in [-0.1, -0.05) is 0 Å². The van der Waals surface area contributed by atoms with Crippen molar-refractivity contribution in [2.75, 3.05) is 26.1 Å². The number of thiophene rings is 1. The average molecular weight is 387 g/mol. The van der Waals surface area contributed by atoms with E-state index in [9.17, 15) is 4.79 Å². The molecule has 2 heterocycles. The van der Waals surface area contributed by atoms with Crippen LogP contribution in [0.4, 0.5) is 11.5 Å². The summed E-state index contributed by atoms with van der Waals surface area (Å²) in [7, 11) is 3.20. The van der Waals surface area contributed by atoms with Gasteiger partial charge < -0.3 is 19.5 Å². The second kappa shape index (κ2) is 7.79. The molecule has 0 bridgehead atoms. The van der Waals surface area contributed by atoms with Gasteiger partial charge in [-0.15, -0.1) is 11.3 Å². The number of hydrogen-bond donors (Lipinski definition) is 1. The first-order chi connectivity index (χ1) is 13.0. The van der Waals surface area contributed by atoms with Gasteiger partial charge in [0.05, 0.1) is 31.9 Å². The van der Waals surface area contributed by atoms with Crippen molar-refractivity contribution in [1.82, 2.24) is 9.97 Å². The van der Waals surface area contributed by atoms with Crippen LogP contribution in [0, 0.1) is 13.8 Å². The van der Waals surface area contributed by atoms with Gasteiger partial charge in [-0.05, 0) is 38.5 Å². The molecule has 0 saturated heterocycles. The number of anilines is 2. The molecule has 0 atom stereocenters. The van der Waals surface area contributed by atoms with Gasteiger partial charge in [0.25, 0.3) is 0 Å². The monoisotopic (exact) mass is 387 g/mol. The normalized spacial score (nSPS) is 10.7. The number of nitrogens with zero attached hydrogens (tertiary/aromatic N) is 2. The van der Waals surface area contributed by atoms with Crippen LogP contribution in [0.25, 0.3) is 10.2 Å². The third kappa shape index (κ3) is 3.66. The molecule has 3 aromatic rings. The zero-order chi connectivity index (χ0) is 19.6. The van der Waals surface area contributed by atoms with Crippen molar-refractivity contribution >= 4 is 39.0 Å². The second-order valence-corrected chi connectivity index (χ2v) is 6.77. The predicted octanol–water partition coefficient (Wildman–Crippen LogP) is 4.25. The van der Waals surface area contributed by atoms with Crippen molar-refractivity contribution in [2.45, 2.75) is 20.8 Å². The lowest BCUT2D eigenvalue weighted by Crippen LogP contribution is -2.04. The highest BCUT2D eigenvalue weighted by Gasteiger charge is 2.21. The van der Waals surface area contributed by atoms with E-state index in [2.05, 4.69) is 15.3 Å². The highest BCUT2D eigenvalue weighted by atomic mass is 32.1. The molecule has 0 radical (unpaired) electrons. The van der Waals surface area contributed by atoms with E-state index in [1.165, 1.54) is 11.3 Å². The van der Waals surface area contributed by atoms with Crippen molar-refractivity contribution in [3.8, 4) is 11.5 Å². The third-order valence-electron chi connectivity index (χ3n) is 4.02. The molecular weight excluding hydrogens is 366 g/mol. The zero-order valence-electron chi connectivity index (χ0n) is 15.9. The molecular formula is C19H21N3O4S.